The van der Waals surface area contributed by atoms with Crippen LogP contribution in [0.3, 0.4) is 0 Å². The Bertz CT molecular complexity index is 213. The predicted octanol–water partition coefficient (Wildman–Crippen LogP) is 1.31. The van der Waals surface area contributed by atoms with Crippen molar-refractivity contribution in [2.75, 3.05) is 72.7 Å². The van der Waals surface area contributed by atoms with Crippen molar-refractivity contribution in [3.8, 4) is 0 Å². The molecule has 0 aromatic carbocycles. The van der Waals surface area contributed by atoms with E-state index in [0.717, 1.165) is 0 Å². The van der Waals surface area contributed by atoms with Crippen LogP contribution in [-0.2, 0) is 61.1 Å². The molecule has 1 unspecified atom stereocenters. The van der Waals surface area contributed by atoms with E-state index in [9.17, 15) is 0 Å². The van der Waals surface area contributed by atoms with E-state index >= 15 is 0 Å². The van der Waals surface area contributed by atoms with Gasteiger partial charge in [-0.25, -0.2) is 19.6 Å². The molecule has 0 amide bonds. The van der Waals surface area contributed by atoms with Gasteiger partial charge in [0.25, 0.3) is 0 Å². The summed E-state index contributed by atoms with van der Waals surface area (Å²) in [6.45, 7) is 16.3. The van der Waals surface area contributed by atoms with Gasteiger partial charge in [-0.3, -0.25) is 0 Å². The minimum Gasteiger partial charge on any atom is -0.406 e. The molecule has 0 aromatic heterocycles. The van der Waals surface area contributed by atoms with Crippen LogP contribution in [0.4, 0.5) is 0 Å². The Hall–Kier alpha value is 0.474. The second-order valence-corrected chi connectivity index (χ2v) is 4.31. The minimum atomic E-state index is -0.179. The van der Waals surface area contributed by atoms with E-state index in [1.807, 2.05) is 0 Å². The average molecular weight is 407 g/mol. The summed E-state index contributed by atoms with van der Waals surface area (Å²) in [4.78, 5) is 0. The Morgan fingerprint density at radius 2 is 1.00 bits per heavy atom. The molecule has 1 atom stereocenters. The quantitative estimate of drug-likeness (QED) is 0.565. The molecular formula is C16H30O6Y-2. The summed E-state index contributed by atoms with van der Waals surface area (Å²) in [5.74, 6) is 0. The zero-order valence-corrected chi connectivity index (χ0v) is 16.9. The fraction of sp³-hybridized carbons (Fsp3) is 0.750. The Balaban J connectivity index is 0. The number of allylic oxidation sites excluding steroid dienone is 1. The molecule has 0 aliphatic carbocycles. The molecule has 7 heteroatoms. The van der Waals surface area contributed by atoms with Gasteiger partial charge in [0.2, 0.25) is 0 Å². The fourth-order valence-electron chi connectivity index (χ4n) is 1.42. The van der Waals surface area contributed by atoms with E-state index in [-0.39, 0.29) is 38.8 Å². The third-order valence-electron chi connectivity index (χ3n) is 2.37. The molecule has 0 aromatic rings. The van der Waals surface area contributed by atoms with Crippen LogP contribution in [0, 0.1) is 13.8 Å². The average Bonchev–Trinajstić information content (AvgIpc) is 2.50. The zero-order valence-electron chi connectivity index (χ0n) is 14.1. The van der Waals surface area contributed by atoms with Gasteiger partial charge in [-0.1, -0.05) is 0 Å². The molecule has 1 rings (SSSR count). The van der Waals surface area contributed by atoms with Crippen LogP contribution >= 0.6 is 0 Å². The van der Waals surface area contributed by atoms with Gasteiger partial charge in [0.05, 0.1) is 66.1 Å². The van der Waals surface area contributed by atoms with Gasteiger partial charge < -0.3 is 35.3 Å². The van der Waals surface area contributed by atoms with E-state index in [1.54, 1.807) is 0 Å². The Morgan fingerprint density at radius 1 is 0.696 bits per heavy atom. The maximum Gasteiger partial charge on any atom is 0.0701 e. The maximum atomic E-state index is 5.42. The summed E-state index contributed by atoms with van der Waals surface area (Å²) in [6, 6.07) is 0. The Kier molecular flexibility index (Phi) is 25.1. The summed E-state index contributed by atoms with van der Waals surface area (Å²) < 4.78 is 32.2. The standard InChI is InChI=1S/C13H25O6.C3H5.Y/c1-13-12-18-9-8-16-5-4-14-2-3-15-6-7-17-10-11-19-13;1-3-2;/h13H,1-12H2;3H,1-2H2;/q2*-1;. The molecule has 0 bridgehead atoms. The van der Waals surface area contributed by atoms with Crippen molar-refractivity contribution >= 4 is 0 Å². The second-order valence-electron chi connectivity index (χ2n) is 4.31. The fourth-order valence-corrected chi connectivity index (χ4v) is 1.42. The molecule has 1 aliphatic heterocycles. The maximum absolute atomic E-state index is 5.42. The molecule has 0 saturated carbocycles. The summed E-state index contributed by atoms with van der Waals surface area (Å²) in [6.07, 6.45) is 1.32. The van der Waals surface area contributed by atoms with Crippen molar-refractivity contribution in [3.05, 3.63) is 26.5 Å². The molecule has 135 valence electrons. The van der Waals surface area contributed by atoms with Crippen molar-refractivity contribution in [2.24, 2.45) is 0 Å². The van der Waals surface area contributed by atoms with E-state index in [0.29, 0.717) is 72.7 Å². The van der Waals surface area contributed by atoms with Crippen LogP contribution in [0.2, 0.25) is 0 Å². The minimum absolute atomic E-state index is 0. The zero-order chi connectivity index (χ0) is 16.3. The molecule has 0 spiro atoms. The van der Waals surface area contributed by atoms with Gasteiger partial charge in [0.15, 0.2) is 0 Å². The van der Waals surface area contributed by atoms with Crippen LogP contribution in [0.5, 0.6) is 0 Å². The Morgan fingerprint density at radius 3 is 1.39 bits per heavy atom. The normalized spacial score (nSPS) is 23.1. The third kappa shape index (κ3) is 22.5. The van der Waals surface area contributed by atoms with Gasteiger partial charge in [0, 0.05) is 39.3 Å². The van der Waals surface area contributed by atoms with E-state index < -0.39 is 0 Å². The van der Waals surface area contributed by atoms with Crippen LogP contribution < -0.4 is 0 Å². The van der Waals surface area contributed by atoms with Gasteiger partial charge in [0.1, 0.15) is 0 Å². The van der Waals surface area contributed by atoms with E-state index in [4.69, 9.17) is 28.4 Å². The molecule has 0 N–H and O–H groups in total. The van der Waals surface area contributed by atoms with Gasteiger partial charge >= 0.3 is 0 Å². The predicted molar refractivity (Wildman–Crippen MR) is 84.7 cm³/mol. The smallest absolute Gasteiger partial charge is 0.0701 e. The summed E-state index contributed by atoms with van der Waals surface area (Å²) in [5, 5.41) is 0. The van der Waals surface area contributed by atoms with Crippen molar-refractivity contribution in [1.29, 1.82) is 0 Å². The van der Waals surface area contributed by atoms with E-state index in [1.165, 1.54) is 6.08 Å². The number of ether oxygens (including phenoxy) is 6. The van der Waals surface area contributed by atoms with Crippen molar-refractivity contribution in [2.45, 2.75) is 6.10 Å². The first-order valence-electron chi connectivity index (χ1n) is 7.54. The Labute approximate surface area is 166 Å². The SMILES string of the molecule is C=C[CH2-].[CH2-]C1COCCOCCOCCOCCOCCO1.[Y]. The van der Waals surface area contributed by atoms with Crippen molar-refractivity contribution in [1.82, 2.24) is 0 Å². The van der Waals surface area contributed by atoms with Crippen LogP contribution in [-0.4, -0.2) is 78.8 Å². The first-order valence-corrected chi connectivity index (χ1v) is 7.54. The molecule has 23 heavy (non-hydrogen) atoms. The van der Waals surface area contributed by atoms with Crippen molar-refractivity contribution < 1.29 is 61.1 Å². The largest absolute Gasteiger partial charge is 0.406 e. The number of rotatable bonds is 0. The summed E-state index contributed by atoms with van der Waals surface area (Å²) in [5.41, 5.74) is 0. The first-order chi connectivity index (χ1) is 10.8. The molecule has 1 heterocycles. The number of hydrogen-bond acceptors (Lipinski definition) is 6. The molecule has 6 nitrogen and oxygen atoms in total. The van der Waals surface area contributed by atoms with Gasteiger partial charge in [-0.2, -0.15) is 0 Å². The molecule has 1 radical (unpaired) electrons. The van der Waals surface area contributed by atoms with Gasteiger partial charge in [-0.15, -0.1) is 0 Å². The summed E-state index contributed by atoms with van der Waals surface area (Å²) >= 11 is 0. The topological polar surface area (TPSA) is 55.4 Å². The van der Waals surface area contributed by atoms with E-state index in [2.05, 4.69) is 20.4 Å². The van der Waals surface area contributed by atoms with Gasteiger partial charge in [-0.05, 0) is 6.10 Å². The monoisotopic (exact) mass is 407 g/mol. The second kappa shape index (κ2) is 22.5. The third-order valence-corrected chi connectivity index (χ3v) is 2.37. The molecule has 1 fully saturated rings. The van der Waals surface area contributed by atoms with Crippen LogP contribution in [0.25, 0.3) is 0 Å². The summed E-state index contributed by atoms with van der Waals surface area (Å²) in [7, 11) is 0. The first kappa shape index (κ1) is 25.7. The molecular weight excluding hydrogens is 377 g/mol. The number of hydrogen-bond donors (Lipinski definition) is 0. The van der Waals surface area contributed by atoms with Crippen LogP contribution in [0.15, 0.2) is 12.7 Å². The van der Waals surface area contributed by atoms with Crippen LogP contribution in [0.1, 0.15) is 0 Å². The van der Waals surface area contributed by atoms with Crippen molar-refractivity contribution in [3.63, 3.8) is 0 Å². The molecule has 1 saturated heterocycles. The molecule has 1 aliphatic rings.